The maximum absolute atomic E-state index is 12.6. The molecule has 2 aromatic rings. The van der Waals surface area contributed by atoms with E-state index in [4.69, 9.17) is 28.4 Å². The molecular weight excluding hydrogens is 552 g/mol. The van der Waals surface area contributed by atoms with Crippen LogP contribution in [-0.4, -0.2) is 63.9 Å². The second-order valence-corrected chi connectivity index (χ2v) is 8.70. The summed E-state index contributed by atoms with van der Waals surface area (Å²) < 4.78 is 31.1. The normalized spacial score (nSPS) is 12.0. The van der Waals surface area contributed by atoms with Crippen LogP contribution in [0.15, 0.2) is 48.6 Å². The molecule has 0 aromatic heterocycles. The van der Waals surface area contributed by atoms with Gasteiger partial charge in [-0.3, -0.25) is 19.2 Å². The van der Waals surface area contributed by atoms with Crippen molar-refractivity contribution in [2.24, 2.45) is 11.8 Å². The number of methoxy groups -OCH3 is 2. The van der Waals surface area contributed by atoms with E-state index in [2.05, 4.69) is 0 Å². The van der Waals surface area contributed by atoms with Gasteiger partial charge in [-0.05, 0) is 49.2 Å². The van der Waals surface area contributed by atoms with Gasteiger partial charge in [0, 0.05) is 23.3 Å². The molecule has 0 aliphatic heterocycles. The summed E-state index contributed by atoms with van der Waals surface area (Å²) in [5.74, 6) is -4.20. The fraction of sp³-hybridized carbons (Fsp3) is 0.333. The molecule has 12 nitrogen and oxygen atoms in total. The van der Waals surface area contributed by atoms with Gasteiger partial charge in [0.25, 0.3) is 0 Å². The van der Waals surface area contributed by atoms with Gasteiger partial charge in [0.2, 0.25) is 0 Å². The van der Waals surface area contributed by atoms with E-state index in [0.717, 1.165) is 12.2 Å². The number of esters is 4. The first-order chi connectivity index (χ1) is 20.2. The van der Waals surface area contributed by atoms with Crippen molar-refractivity contribution in [2.75, 3.05) is 27.4 Å². The van der Waals surface area contributed by atoms with Gasteiger partial charge < -0.3 is 28.4 Å². The molecule has 0 amide bonds. The van der Waals surface area contributed by atoms with Gasteiger partial charge in [-0.25, -0.2) is 9.59 Å². The molecular formula is C30H32O12. The van der Waals surface area contributed by atoms with E-state index in [1.54, 1.807) is 13.8 Å². The number of rotatable bonds is 16. The minimum atomic E-state index is -0.900. The second-order valence-electron chi connectivity index (χ2n) is 8.70. The third-order valence-electron chi connectivity index (χ3n) is 5.93. The third-order valence-corrected chi connectivity index (χ3v) is 5.93. The highest BCUT2D eigenvalue weighted by molar-refractivity contribution is 5.92. The van der Waals surface area contributed by atoms with Crippen molar-refractivity contribution in [3.63, 3.8) is 0 Å². The Balaban J connectivity index is 1.85. The maximum Gasteiger partial charge on any atom is 0.331 e. The van der Waals surface area contributed by atoms with Crippen molar-refractivity contribution in [3.8, 4) is 23.0 Å². The Morgan fingerprint density at radius 2 is 1.02 bits per heavy atom. The van der Waals surface area contributed by atoms with E-state index >= 15 is 0 Å². The maximum atomic E-state index is 12.6. The SMILES string of the molecule is CCC(COC(=O)/C=C\C(=O)OCC(CC)C(=O)Oc1ccc(C=O)cc1OC)C(=O)Oc1ccc(C=O)cc1OC. The van der Waals surface area contributed by atoms with E-state index in [-0.39, 0.29) is 49.1 Å². The molecule has 0 aliphatic carbocycles. The lowest BCUT2D eigenvalue weighted by molar-refractivity contribution is -0.149. The van der Waals surface area contributed by atoms with Crippen LogP contribution in [0.4, 0.5) is 0 Å². The van der Waals surface area contributed by atoms with Crippen molar-refractivity contribution in [1.82, 2.24) is 0 Å². The zero-order chi connectivity index (χ0) is 31.1. The lowest BCUT2D eigenvalue weighted by Gasteiger charge is -2.15. The molecule has 2 unspecified atom stereocenters. The average molecular weight is 585 g/mol. The summed E-state index contributed by atoms with van der Waals surface area (Å²) in [5.41, 5.74) is 0.678. The number of benzene rings is 2. The van der Waals surface area contributed by atoms with Crippen molar-refractivity contribution in [3.05, 3.63) is 59.7 Å². The highest BCUT2D eigenvalue weighted by atomic mass is 16.6. The average Bonchev–Trinajstić information content (AvgIpc) is 3.00. The van der Waals surface area contributed by atoms with Crippen LogP contribution in [0.25, 0.3) is 0 Å². The first-order valence-electron chi connectivity index (χ1n) is 12.9. The van der Waals surface area contributed by atoms with Gasteiger partial charge in [0.15, 0.2) is 23.0 Å². The number of carbonyl (C=O) groups is 6. The van der Waals surface area contributed by atoms with Gasteiger partial charge in [-0.1, -0.05) is 13.8 Å². The second kappa shape index (κ2) is 17.0. The fourth-order valence-corrected chi connectivity index (χ4v) is 3.37. The molecule has 2 aromatic carbocycles. The molecule has 0 saturated heterocycles. The molecule has 0 N–H and O–H groups in total. The molecule has 224 valence electrons. The Bertz CT molecular complexity index is 1210. The molecule has 0 radical (unpaired) electrons. The molecule has 0 bridgehead atoms. The van der Waals surface area contributed by atoms with E-state index < -0.39 is 35.7 Å². The summed E-state index contributed by atoms with van der Waals surface area (Å²) in [6, 6.07) is 8.58. The highest BCUT2D eigenvalue weighted by Gasteiger charge is 2.24. The van der Waals surface area contributed by atoms with Gasteiger partial charge in [0.1, 0.15) is 25.8 Å². The van der Waals surface area contributed by atoms with Crippen LogP contribution in [0.2, 0.25) is 0 Å². The molecule has 0 saturated carbocycles. The summed E-state index contributed by atoms with van der Waals surface area (Å²) in [7, 11) is 2.72. The highest BCUT2D eigenvalue weighted by Crippen LogP contribution is 2.29. The first kappa shape index (κ1) is 33.2. The van der Waals surface area contributed by atoms with Gasteiger partial charge in [-0.15, -0.1) is 0 Å². The van der Waals surface area contributed by atoms with E-state index in [0.29, 0.717) is 23.7 Å². The smallest absolute Gasteiger partial charge is 0.331 e. The Kier molecular flexibility index (Phi) is 13.4. The predicted octanol–water partition coefficient (Wildman–Crippen LogP) is 3.53. The summed E-state index contributed by atoms with van der Waals surface area (Å²) in [5, 5.41) is 0. The Morgan fingerprint density at radius 1 is 0.643 bits per heavy atom. The lowest BCUT2D eigenvalue weighted by Crippen LogP contribution is -2.26. The zero-order valence-corrected chi connectivity index (χ0v) is 23.7. The van der Waals surface area contributed by atoms with E-state index in [1.807, 2.05) is 0 Å². The summed E-state index contributed by atoms with van der Waals surface area (Å²) in [4.78, 5) is 71.2. The number of ether oxygens (including phenoxy) is 6. The summed E-state index contributed by atoms with van der Waals surface area (Å²) in [6.07, 6.45) is 3.49. The van der Waals surface area contributed by atoms with Crippen LogP contribution in [0.5, 0.6) is 23.0 Å². The molecule has 2 rings (SSSR count). The fourth-order valence-electron chi connectivity index (χ4n) is 3.37. The number of aldehydes is 2. The Hall–Kier alpha value is -5.00. The van der Waals surface area contributed by atoms with Gasteiger partial charge >= 0.3 is 23.9 Å². The Labute approximate surface area is 242 Å². The van der Waals surface area contributed by atoms with Gasteiger partial charge in [0.05, 0.1) is 26.1 Å². The summed E-state index contributed by atoms with van der Waals surface area (Å²) in [6.45, 7) is 2.77. The van der Waals surface area contributed by atoms with Crippen molar-refractivity contribution in [1.29, 1.82) is 0 Å². The number of hydrogen-bond donors (Lipinski definition) is 0. The van der Waals surface area contributed by atoms with E-state index in [1.165, 1.54) is 50.6 Å². The minimum absolute atomic E-state index is 0.102. The van der Waals surface area contributed by atoms with Crippen LogP contribution in [-0.2, 0) is 28.7 Å². The quantitative estimate of drug-likeness (QED) is 0.122. The van der Waals surface area contributed by atoms with Crippen molar-refractivity contribution >= 4 is 36.4 Å². The molecule has 0 fully saturated rings. The van der Waals surface area contributed by atoms with Crippen LogP contribution in [0, 0.1) is 11.8 Å². The molecule has 2 atom stereocenters. The van der Waals surface area contributed by atoms with Gasteiger partial charge in [-0.2, -0.15) is 0 Å². The largest absolute Gasteiger partial charge is 0.493 e. The lowest BCUT2D eigenvalue weighted by atomic mass is 10.1. The van der Waals surface area contributed by atoms with Crippen LogP contribution >= 0.6 is 0 Å². The zero-order valence-electron chi connectivity index (χ0n) is 23.7. The molecule has 12 heteroatoms. The monoisotopic (exact) mass is 584 g/mol. The van der Waals surface area contributed by atoms with Crippen LogP contribution in [0.3, 0.4) is 0 Å². The number of carbonyl (C=O) groups excluding carboxylic acids is 6. The Morgan fingerprint density at radius 3 is 1.33 bits per heavy atom. The van der Waals surface area contributed by atoms with Crippen LogP contribution < -0.4 is 18.9 Å². The predicted molar refractivity (Wildman–Crippen MR) is 147 cm³/mol. The minimum Gasteiger partial charge on any atom is -0.493 e. The third kappa shape index (κ3) is 9.88. The van der Waals surface area contributed by atoms with Crippen LogP contribution in [0.1, 0.15) is 47.4 Å². The molecule has 42 heavy (non-hydrogen) atoms. The first-order valence-corrected chi connectivity index (χ1v) is 12.9. The van der Waals surface area contributed by atoms with Crippen molar-refractivity contribution < 1.29 is 57.2 Å². The van der Waals surface area contributed by atoms with Crippen molar-refractivity contribution in [2.45, 2.75) is 26.7 Å². The summed E-state index contributed by atoms with van der Waals surface area (Å²) >= 11 is 0. The van der Waals surface area contributed by atoms with E-state index in [9.17, 15) is 28.8 Å². The molecule has 0 aliphatic rings. The topological polar surface area (TPSA) is 158 Å². The standard InChI is InChI=1S/C30H32O12/c1-5-21(29(35)41-23-9-7-19(15-31)13-25(23)37-3)17-39-27(33)11-12-28(34)40-18-22(6-2)30(36)42-24-10-8-20(16-32)14-26(24)38-4/h7-16,21-22H,5-6,17-18H2,1-4H3/b12-11-. The molecule has 0 spiro atoms. The molecule has 0 heterocycles. The number of hydrogen-bond acceptors (Lipinski definition) is 12.